The predicted molar refractivity (Wildman–Crippen MR) is 92.2 cm³/mol. The van der Waals surface area contributed by atoms with Crippen LogP contribution in [-0.4, -0.2) is 17.9 Å². The summed E-state index contributed by atoms with van der Waals surface area (Å²) in [6, 6.07) is 14.0. The molecule has 5 nitrogen and oxygen atoms in total. The lowest BCUT2D eigenvalue weighted by atomic mass is 10.2. The Kier molecular flexibility index (Phi) is 3.93. The maximum atomic E-state index is 12.5. The molecule has 3 rings (SSSR count). The highest BCUT2D eigenvalue weighted by atomic mass is 127. The second kappa shape index (κ2) is 5.88. The Bertz CT molecular complexity index is 920. The van der Waals surface area contributed by atoms with Crippen LogP contribution in [0.4, 0.5) is 6.01 Å². The number of halogens is 1. The van der Waals surface area contributed by atoms with E-state index in [2.05, 4.69) is 27.6 Å². The number of fused-ring (bicyclic) bond motifs is 1. The maximum absolute atomic E-state index is 12.5. The highest BCUT2D eigenvalue weighted by Gasteiger charge is 2.20. The van der Waals surface area contributed by atoms with Gasteiger partial charge in [0.2, 0.25) is 0 Å². The minimum atomic E-state index is -0.511. The number of anilines is 1. The maximum Gasteiger partial charge on any atom is 0.348 e. The van der Waals surface area contributed by atoms with Gasteiger partial charge in [-0.25, -0.2) is 4.79 Å². The summed E-state index contributed by atoms with van der Waals surface area (Å²) in [6.07, 6.45) is 0. The zero-order valence-corrected chi connectivity index (χ0v) is 13.8. The molecule has 110 valence electrons. The van der Waals surface area contributed by atoms with Gasteiger partial charge in [-0.1, -0.05) is 24.3 Å². The molecule has 6 heteroatoms. The fraction of sp³-hybridized carbons (Fsp3) is 0.0625. The third-order valence-electron chi connectivity index (χ3n) is 3.22. The predicted octanol–water partition coefficient (Wildman–Crippen LogP) is 3.07. The molecule has 0 spiro atoms. The molecule has 0 N–H and O–H groups in total. The van der Waals surface area contributed by atoms with Gasteiger partial charge in [-0.15, -0.1) is 0 Å². The van der Waals surface area contributed by atoms with Crippen molar-refractivity contribution in [1.82, 2.24) is 4.98 Å². The Hall–Kier alpha value is -2.22. The lowest BCUT2D eigenvalue weighted by Crippen LogP contribution is -2.28. The van der Waals surface area contributed by atoms with Crippen LogP contribution in [0.25, 0.3) is 10.9 Å². The molecule has 0 aliphatic carbocycles. The topological polar surface area (TPSA) is 63.4 Å². The monoisotopic (exact) mass is 406 g/mol. The van der Waals surface area contributed by atoms with E-state index < -0.39 is 5.63 Å². The van der Waals surface area contributed by atoms with E-state index in [1.165, 1.54) is 11.9 Å². The van der Waals surface area contributed by atoms with Gasteiger partial charge in [0.15, 0.2) is 0 Å². The summed E-state index contributed by atoms with van der Waals surface area (Å²) in [4.78, 5) is 30.0. The number of nitrogens with zero attached hydrogens (tertiary/aromatic N) is 2. The first-order valence-corrected chi connectivity index (χ1v) is 7.58. The molecular formula is C16H11IN2O3. The quantitative estimate of drug-likeness (QED) is 0.614. The first-order chi connectivity index (χ1) is 10.6. The van der Waals surface area contributed by atoms with Crippen LogP contribution in [-0.2, 0) is 0 Å². The van der Waals surface area contributed by atoms with Crippen molar-refractivity contribution >= 4 is 45.4 Å². The van der Waals surface area contributed by atoms with Gasteiger partial charge in [-0.05, 0) is 46.9 Å². The highest BCUT2D eigenvalue weighted by Crippen LogP contribution is 2.18. The molecule has 0 unspecified atom stereocenters. The number of benzene rings is 2. The van der Waals surface area contributed by atoms with Crippen LogP contribution >= 0.6 is 22.6 Å². The summed E-state index contributed by atoms with van der Waals surface area (Å²) in [7, 11) is 1.53. The summed E-state index contributed by atoms with van der Waals surface area (Å²) >= 11 is 2.09. The first kappa shape index (κ1) is 14.7. The van der Waals surface area contributed by atoms with E-state index in [0.717, 1.165) is 3.57 Å². The van der Waals surface area contributed by atoms with Gasteiger partial charge >= 0.3 is 11.6 Å². The zero-order valence-electron chi connectivity index (χ0n) is 11.6. The van der Waals surface area contributed by atoms with E-state index in [4.69, 9.17) is 4.42 Å². The standard InChI is InChI=1S/C16H11IN2O3/c1-19(14(20)10-6-2-4-8-12(10)17)16-18-13-9-5-3-7-11(13)15(21)22-16/h2-9H,1H3. The smallest absolute Gasteiger partial charge is 0.348 e. The minimum absolute atomic E-state index is 0.0200. The zero-order chi connectivity index (χ0) is 15.7. The van der Waals surface area contributed by atoms with Crippen molar-refractivity contribution in [3.63, 3.8) is 0 Å². The molecule has 0 aliphatic heterocycles. The van der Waals surface area contributed by atoms with E-state index in [1.807, 2.05) is 12.1 Å². The molecule has 0 aliphatic rings. The number of rotatable bonds is 2. The Balaban J connectivity index is 2.06. The van der Waals surface area contributed by atoms with Crippen LogP contribution in [0.3, 0.4) is 0 Å². The van der Waals surface area contributed by atoms with Gasteiger partial charge in [0.1, 0.15) is 0 Å². The molecular weight excluding hydrogens is 395 g/mol. The van der Waals surface area contributed by atoms with Crippen molar-refractivity contribution in [2.75, 3.05) is 11.9 Å². The molecule has 0 fully saturated rings. The molecule has 22 heavy (non-hydrogen) atoms. The van der Waals surface area contributed by atoms with Gasteiger partial charge in [0, 0.05) is 10.6 Å². The largest absolute Gasteiger partial charge is 0.388 e. The van der Waals surface area contributed by atoms with Crippen molar-refractivity contribution in [3.8, 4) is 0 Å². The Labute approximate surface area is 139 Å². The molecule has 1 amide bonds. The number of aromatic nitrogens is 1. The van der Waals surface area contributed by atoms with E-state index >= 15 is 0 Å². The van der Waals surface area contributed by atoms with Crippen LogP contribution in [0.15, 0.2) is 57.7 Å². The van der Waals surface area contributed by atoms with E-state index in [-0.39, 0.29) is 11.9 Å². The number of para-hydroxylation sites is 1. The molecule has 0 saturated carbocycles. The molecule has 0 radical (unpaired) electrons. The minimum Gasteiger partial charge on any atom is -0.388 e. The average molecular weight is 406 g/mol. The highest BCUT2D eigenvalue weighted by molar-refractivity contribution is 14.1. The van der Waals surface area contributed by atoms with Gasteiger partial charge in [-0.3, -0.25) is 9.69 Å². The summed E-state index contributed by atoms with van der Waals surface area (Å²) < 4.78 is 5.99. The molecule has 1 aromatic heterocycles. The number of hydrogen-bond acceptors (Lipinski definition) is 4. The SMILES string of the molecule is CN(C(=O)c1ccccc1I)c1nc2ccccc2c(=O)o1. The number of hydrogen-bond donors (Lipinski definition) is 0. The third-order valence-corrected chi connectivity index (χ3v) is 4.16. The van der Waals surface area contributed by atoms with Crippen molar-refractivity contribution in [1.29, 1.82) is 0 Å². The Morgan fingerprint density at radius 2 is 1.82 bits per heavy atom. The van der Waals surface area contributed by atoms with Gasteiger partial charge in [0.05, 0.1) is 16.5 Å². The normalized spacial score (nSPS) is 10.6. The fourth-order valence-corrected chi connectivity index (χ4v) is 2.67. The third kappa shape index (κ3) is 2.61. The first-order valence-electron chi connectivity index (χ1n) is 6.50. The van der Waals surface area contributed by atoms with Gasteiger partial charge in [0.25, 0.3) is 5.91 Å². The second-order valence-electron chi connectivity index (χ2n) is 4.65. The van der Waals surface area contributed by atoms with Crippen LogP contribution in [0.5, 0.6) is 0 Å². The second-order valence-corrected chi connectivity index (χ2v) is 5.81. The number of carbonyl (C=O) groups excluding carboxylic acids is 1. The fourth-order valence-electron chi connectivity index (χ4n) is 2.05. The lowest BCUT2D eigenvalue weighted by molar-refractivity contribution is 0.0986. The molecule has 3 aromatic rings. The van der Waals surface area contributed by atoms with Gasteiger partial charge < -0.3 is 4.42 Å². The molecule has 1 heterocycles. The molecule has 0 atom stereocenters. The summed E-state index contributed by atoms with van der Waals surface area (Å²) in [5, 5.41) is 0.390. The summed E-state index contributed by atoms with van der Waals surface area (Å²) in [6.45, 7) is 0. The Morgan fingerprint density at radius 1 is 1.14 bits per heavy atom. The molecule has 0 bridgehead atoms. The van der Waals surface area contributed by atoms with E-state index in [9.17, 15) is 9.59 Å². The van der Waals surface area contributed by atoms with Crippen molar-refractivity contribution < 1.29 is 9.21 Å². The number of carbonyl (C=O) groups is 1. The molecule has 2 aromatic carbocycles. The van der Waals surface area contributed by atoms with E-state index in [1.54, 1.807) is 36.4 Å². The van der Waals surface area contributed by atoms with E-state index in [0.29, 0.717) is 16.5 Å². The van der Waals surface area contributed by atoms with Crippen molar-refractivity contribution in [2.24, 2.45) is 0 Å². The number of amides is 1. The Morgan fingerprint density at radius 3 is 2.59 bits per heavy atom. The van der Waals surface area contributed by atoms with Crippen LogP contribution in [0.2, 0.25) is 0 Å². The van der Waals surface area contributed by atoms with Gasteiger partial charge in [-0.2, -0.15) is 4.98 Å². The lowest BCUT2D eigenvalue weighted by Gasteiger charge is -2.15. The van der Waals surface area contributed by atoms with Crippen molar-refractivity contribution in [3.05, 3.63) is 68.1 Å². The van der Waals surface area contributed by atoms with Crippen LogP contribution < -0.4 is 10.5 Å². The summed E-state index contributed by atoms with van der Waals surface area (Å²) in [5.41, 5.74) is 0.516. The van der Waals surface area contributed by atoms with Crippen molar-refractivity contribution in [2.45, 2.75) is 0 Å². The molecule has 0 saturated heterocycles. The van der Waals surface area contributed by atoms with Crippen LogP contribution in [0.1, 0.15) is 10.4 Å². The average Bonchev–Trinajstić information content (AvgIpc) is 2.54. The summed E-state index contributed by atoms with van der Waals surface area (Å²) in [5.74, 6) is -0.282. The van der Waals surface area contributed by atoms with Crippen LogP contribution in [0, 0.1) is 3.57 Å².